The van der Waals surface area contributed by atoms with Crippen molar-refractivity contribution in [1.29, 1.82) is 0 Å². The Labute approximate surface area is 96.4 Å². The number of nitrogens with one attached hydrogen (secondary N) is 1. The number of nitrogens with zero attached hydrogens (tertiary/aromatic N) is 1. The number of rotatable bonds is 3. The summed E-state index contributed by atoms with van der Waals surface area (Å²) in [5, 5.41) is 12.0. The van der Waals surface area contributed by atoms with Crippen LogP contribution >= 0.6 is 0 Å². The summed E-state index contributed by atoms with van der Waals surface area (Å²) in [5.41, 5.74) is 2.41. The van der Waals surface area contributed by atoms with Gasteiger partial charge in [0.2, 0.25) is 0 Å². The van der Waals surface area contributed by atoms with E-state index in [0.717, 1.165) is 31.7 Å². The van der Waals surface area contributed by atoms with Crippen LogP contribution in [0.2, 0.25) is 0 Å². The quantitative estimate of drug-likeness (QED) is 0.797. The molecule has 0 saturated carbocycles. The normalized spacial score (nSPS) is 16.9. The van der Waals surface area contributed by atoms with Crippen LogP contribution < -0.4 is 10.2 Å². The molecule has 1 aromatic rings. The van der Waals surface area contributed by atoms with Gasteiger partial charge in [0.1, 0.15) is 0 Å². The smallest absolute Gasteiger partial charge is 0.0615 e. The van der Waals surface area contributed by atoms with Gasteiger partial charge in [-0.1, -0.05) is 24.3 Å². The lowest BCUT2D eigenvalue weighted by molar-refractivity contribution is 0.343. The topological polar surface area (TPSA) is 35.5 Å². The molecule has 1 aliphatic rings. The Morgan fingerprint density at radius 3 is 2.50 bits per heavy atom. The zero-order valence-electron chi connectivity index (χ0n) is 9.39. The van der Waals surface area contributed by atoms with Crippen molar-refractivity contribution < 1.29 is 5.11 Å². The standard InChI is InChI=1S/C13H18N2O/c16-11-1-2-12-3-5-13(6-4-12)15-9-7-14-8-10-15/h1-6,14,16H,7-11H2. The molecule has 3 heteroatoms. The van der Waals surface area contributed by atoms with Crippen LogP contribution in [0, 0.1) is 0 Å². The first-order valence-electron chi connectivity index (χ1n) is 5.73. The molecule has 0 aliphatic carbocycles. The third kappa shape index (κ3) is 2.84. The number of hydrogen-bond acceptors (Lipinski definition) is 3. The fraction of sp³-hybridized carbons (Fsp3) is 0.385. The van der Waals surface area contributed by atoms with E-state index >= 15 is 0 Å². The average Bonchev–Trinajstić information content (AvgIpc) is 2.38. The Bertz CT molecular complexity index is 339. The molecule has 0 atom stereocenters. The molecule has 1 heterocycles. The lowest BCUT2D eigenvalue weighted by Crippen LogP contribution is -2.43. The maximum atomic E-state index is 8.68. The molecule has 86 valence electrons. The number of anilines is 1. The minimum atomic E-state index is 0.0968. The van der Waals surface area contributed by atoms with E-state index in [9.17, 15) is 0 Å². The monoisotopic (exact) mass is 218 g/mol. The fourth-order valence-corrected chi connectivity index (χ4v) is 1.91. The van der Waals surface area contributed by atoms with Crippen LogP contribution in [0.4, 0.5) is 5.69 Å². The molecule has 0 spiro atoms. The van der Waals surface area contributed by atoms with Crippen LogP contribution in [0.25, 0.3) is 6.08 Å². The molecule has 0 unspecified atom stereocenters. The highest BCUT2D eigenvalue weighted by molar-refractivity contribution is 5.56. The molecular weight excluding hydrogens is 200 g/mol. The highest BCUT2D eigenvalue weighted by Gasteiger charge is 2.09. The maximum absolute atomic E-state index is 8.68. The molecule has 0 amide bonds. The van der Waals surface area contributed by atoms with E-state index in [1.165, 1.54) is 5.69 Å². The first-order chi connectivity index (χ1) is 7.90. The summed E-state index contributed by atoms with van der Waals surface area (Å²) < 4.78 is 0. The summed E-state index contributed by atoms with van der Waals surface area (Å²) >= 11 is 0. The van der Waals surface area contributed by atoms with Gasteiger partial charge in [-0.05, 0) is 17.7 Å². The molecule has 1 fully saturated rings. The Morgan fingerprint density at radius 2 is 1.88 bits per heavy atom. The Balaban J connectivity index is 2.03. The molecule has 0 radical (unpaired) electrons. The molecule has 0 aromatic heterocycles. The van der Waals surface area contributed by atoms with Crippen LogP contribution in [0.1, 0.15) is 5.56 Å². The summed E-state index contributed by atoms with van der Waals surface area (Å²) in [6.45, 7) is 4.37. The lowest BCUT2D eigenvalue weighted by Gasteiger charge is -2.29. The number of benzene rings is 1. The van der Waals surface area contributed by atoms with Crippen LogP contribution in [-0.4, -0.2) is 37.9 Å². The van der Waals surface area contributed by atoms with Crippen molar-refractivity contribution in [3.63, 3.8) is 0 Å². The van der Waals surface area contributed by atoms with Gasteiger partial charge in [-0.2, -0.15) is 0 Å². The molecule has 2 rings (SSSR count). The number of aliphatic hydroxyl groups excluding tert-OH is 1. The van der Waals surface area contributed by atoms with Crippen LogP contribution in [0.3, 0.4) is 0 Å². The zero-order valence-corrected chi connectivity index (χ0v) is 9.39. The van der Waals surface area contributed by atoms with Crippen LogP contribution in [-0.2, 0) is 0 Å². The van der Waals surface area contributed by atoms with E-state index < -0.39 is 0 Å². The van der Waals surface area contributed by atoms with E-state index in [1.807, 2.05) is 6.08 Å². The second-order valence-corrected chi connectivity index (χ2v) is 3.91. The Hall–Kier alpha value is -1.32. The summed E-state index contributed by atoms with van der Waals surface area (Å²) in [5.74, 6) is 0. The molecule has 16 heavy (non-hydrogen) atoms. The Morgan fingerprint density at radius 1 is 1.19 bits per heavy atom. The summed E-state index contributed by atoms with van der Waals surface area (Å²) in [6, 6.07) is 8.46. The van der Waals surface area contributed by atoms with Gasteiger partial charge < -0.3 is 15.3 Å². The third-order valence-electron chi connectivity index (χ3n) is 2.79. The minimum absolute atomic E-state index is 0.0968. The first-order valence-corrected chi connectivity index (χ1v) is 5.73. The number of piperazine rings is 1. The minimum Gasteiger partial charge on any atom is -0.392 e. The van der Waals surface area contributed by atoms with Crippen molar-refractivity contribution in [1.82, 2.24) is 5.32 Å². The summed E-state index contributed by atoms with van der Waals surface area (Å²) in [4.78, 5) is 2.38. The first kappa shape index (κ1) is 11.2. The maximum Gasteiger partial charge on any atom is 0.0615 e. The largest absolute Gasteiger partial charge is 0.392 e. The van der Waals surface area contributed by atoms with E-state index in [-0.39, 0.29) is 6.61 Å². The van der Waals surface area contributed by atoms with Gasteiger partial charge in [-0.15, -0.1) is 0 Å². The van der Waals surface area contributed by atoms with E-state index in [4.69, 9.17) is 5.11 Å². The predicted molar refractivity (Wildman–Crippen MR) is 67.6 cm³/mol. The fourth-order valence-electron chi connectivity index (χ4n) is 1.91. The number of hydrogen-bond donors (Lipinski definition) is 2. The van der Waals surface area contributed by atoms with Crippen molar-refractivity contribution in [2.45, 2.75) is 0 Å². The van der Waals surface area contributed by atoms with Gasteiger partial charge in [-0.25, -0.2) is 0 Å². The summed E-state index contributed by atoms with van der Waals surface area (Å²) in [7, 11) is 0. The van der Waals surface area contributed by atoms with E-state index in [0.29, 0.717) is 0 Å². The van der Waals surface area contributed by atoms with Crippen molar-refractivity contribution in [2.75, 3.05) is 37.7 Å². The Kier molecular flexibility index (Phi) is 3.97. The zero-order chi connectivity index (χ0) is 11.2. The highest BCUT2D eigenvalue weighted by Crippen LogP contribution is 2.16. The van der Waals surface area contributed by atoms with E-state index in [1.54, 1.807) is 6.08 Å². The highest BCUT2D eigenvalue weighted by atomic mass is 16.2. The molecule has 3 nitrogen and oxygen atoms in total. The van der Waals surface area contributed by atoms with Crippen molar-refractivity contribution in [3.8, 4) is 0 Å². The average molecular weight is 218 g/mol. The molecular formula is C13H18N2O. The van der Waals surface area contributed by atoms with E-state index in [2.05, 4.69) is 34.5 Å². The predicted octanol–water partition coefficient (Wildman–Crippen LogP) is 1.10. The molecule has 1 aliphatic heterocycles. The van der Waals surface area contributed by atoms with Gasteiger partial charge in [0.25, 0.3) is 0 Å². The van der Waals surface area contributed by atoms with Crippen molar-refractivity contribution in [3.05, 3.63) is 35.9 Å². The van der Waals surface area contributed by atoms with Crippen LogP contribution in [0.5, 0.6) is 0 Å². The molecule has 0 bridgehead atoms. The second kappa shape index (κ2) is 5.68. The van der Waals surface area contributed by atoms with Gasteiger partial charge >= 0.3 is 0 Å². The second-order valence-electron chi connectivity index (χ2n) is 3.91. The molecule has 2 N–H and O–H groups in total. The van der Waals surface area contributed by atoms with Gasteiger partial charge in [-0.3, -0.25) is 0 Å². The van der Waals surface area contributed by atoms with Crippen molar-refractivity contribution >= 4 is 11.8 Å². The van der Waals surface area contributed by atoms with Gasteiger partial charge in [0.05, 0.1) is 6.61 Å². The lowest BCUT2D eigenvalue weighted by atomic mass is 10.1. The molecule has 1 saturated heterocycles. The number of aliphatic hydroxyl groups is 1. The molecule has 1 aromatic carbocycles. The SMILES string of the molecule is OCC=Cc1ccc(N2CCNCC2)cc1. The van der Waals surface area contributed by atoms with Crippen LogP contribution in [0.15, 0.2) is 30.3 Å². The van der Waals surface area contributed by atoms with Crippen molar-refractivity contribution in [2.24, 2.45) is 0 Å². The van der Waals surface area contributed by atoms with Gasteiger partial charge in [0.15, 0.2) is 0 Å². The summed E-state index contributed by atoms with van der Waals surface area (Å²) in [6.07, 6.45) is 3.68. The van der Waals surface area contributed by atoms with Gasteiger partial charge in [0, 0.05) is 31.9 Å². The third-order valence-corrected chi connectivity index (χ3v) is 2.79.